The fraction of sp³-hybridized carbons (Fsp3) is 0.600. The van der Waals surface area contributed by atoms with Gasteiger partial charge in [-0.1, -0.05) is 43.2 Å². The lowest BCUT2D eigenvalue weighted by molar-refractivity contribution is -0.151. The van der Waals surface area contributed by atoms with Crippen molar-refractivity contribution in [2.24, 2.45) is 11.3 Å². The lowest BCUT2D eigenvalue weighted by atomic mass is 9.67. The third-order valence-electron chi connectivity index (χ3n) is 6.44. The van der Waals surface area contributed by atoms with Crippen molar-refractivity contribution < 1.29 is 24.5 Å². The van der Waals surface area contributed by atoms with Crippen LogP contribution in [0.15, 0.2) is 46.6 Å². The van der Waals surface area contributed by atoms with E-state index in [1.165, 1.54) is 24.0 Å². The maximum atomic E-state index is 11.4. The second kappa shape index (κ2) is 10.9. The number of aldehydes is 1. The highest BCUT2D eigenvalue weighted by Gasteiger charge is 2.32. The van der Waals surface area contributed by atoms with Gasteiger partial charge in [-0.25, -0.2) is 4.79 Å². The first kappa shape index (κ1) is 24.3. The molecular formula is C25H36O5. The number of rotatable bonds is 10. The minimum Gasteiger partial charge on any atom is -0.429 e. The zero-order chi connectivity index (χ0) is 22.3. The molecule has 0 amide bonds. The number of ether oxygens (including phenoxy) is 1. The Hall–Kier alpha value is -1.98. The van der Waals surface area contributed by atoms with Crippen LogP contribution in [-0.2, 0) is 14.3 Å². The molecule has 1 aliphatic heterocycles. The van der Waals surface area contributed by atoms with E-state index in [1.807, 2.05) is 0 Å². The summed E-state index contributed by atoms with van der Waals surface area (Å²) in [6, 6.07) is 0. The van der Waals surface area contributed by atoms with Crippen LogP contribution in [0.25, 0.3) is 0 Å². The Bertz CT molecular complexity index is 754. The Kier molecular flexibility index (Phi) is 8.80. The van der Waals surface area contributed by atoms with Gasteiger partial charge in [-0.2, -0.15) is 0 Å². The molecule has 0 bridgehead atoms. The van der Waals surface area contributed by atoms with Crippen LogP contribution >= 0.6 is 0 Å². The number of carbonyl (C=O) groups is 2. The first-order chi connectivity index (χ1) is 14.1. The Labute approximate surface area is 180 Å². The number of hydrogen-bond donors (Lipinski definition) is 2. The van der Waals surface area contributed by atoms with Crippen molar-refractivity contribution in [1.82, 2.24) is 0 Å². The van der Waals surface area contributed by atoms with Gasteiger partial charge in [-0.15, -0.1) is 0 Å². The molecule has 0 aromatic carbocycles. The van der Waals surface area contributed by atoms with Gasteiger partial charge in [-0.05, 0) is 75.7 Å². The van der Waals surface area contributed by atoms with Crippen LogP contribution in [0.5, 0.6) is 0 Å². The van der Waals surface area contributed by atoms with Gasteiger partial charge in [0, 0.05) is 11.6 Å². The van der Waals surface area contributed by atoms with Crippen LogP contribution in [0, 0.1) is 11.3 Å². The number of allylic oxidation sites excluding steroid dienone is 5. The summed E-state index contributed by atoms with van der Waals surface area (Å²) in [5.41, 5.74) is 3.94. The highest BCUT2D eigenvalue weighted by molar-refractivity contribution is 5.85. The second-order valence-corrected chi connectivity index (χ2v) is 9.24. The number of aliphatic hydroxyl groups is 2. The number of esters is 1. The normalized spacial score (nSPS) is 25.5. The van der Waals surface area contributed by atoms with Crippen LogP contribution in [0.1, 0.15) is 72.6 Å². The van der Waals surface area contributed by atoms with Crippen LogP contribution in [-0.4, -0.2) is 34.9 Å². The summed E-state index contributed by atoms with van der Waals surface area (Å²) in [4.78, 5) is 22.5. The topological polar surface area (TPSA) is 83.8 Å². The molecule has 2 rings (SSSR count). The standard InChI is InChI=1S/C25H36O5/c1-17(10-12-21-18(2)8-6-14-25(21,3)4)7-5-9-19(16-26)11-13-22(27)20-15-23(28)30-24(20)29/h7-8,11,15-16,21-22,24,27,29H,5-6,9-10,12-14H2,1-4H3. The third kappa shape index (κ3) is 6.78. The van der Waals surface area contributed by atoms with Gasteiger partial charge < -0.3 is 14.9 Å². The van der Waals surface area contributed by atoms with Crippen molar-refractivity contribution in [2.75, 3.05) is 0 Å². The smallest absolute Gasteiger partial charge is 0.333 e. The maximum Gasteiger partial charge on any atom is 0.333 e. The van der Waals surface area contributed by atoms with Gasteiger partial charge in [0.05, 0.1) is 6.10 Å². The van der Waals surface area contributed by atoms with Crippen molar-refractivity contribution in [2.45, 2.75) is 85.0 Å². The highest BCUT2D eigenvalue weighted by Crippen LogP contribution is 2.43. The molecule has 30 heavy (non-hydrogen) atoms. The molecule has 166 valence electrons. The SMILES string of the molecule is CC(=CCCC(C=O)=CCC(O)C1=CC(=O)OC1O)CCC1C(C)=CCCC1(C)C. The Morgan fingerprint density at radius 3 is 2.67 bits per heavy atom. The molecular weight excluding hydrogens is 380 g/mol. The molecule has 5 heteroatoms. The largest absolute Gasteiger partial charge is 0.429 e. The summed E-state index contributed by atoms with van der Waals surface area (Å²) in [5, 5.41) is 19.7. The van der Waals surface area contributed by atoms with Crippen LogP contribution < -0.4 is 0 Å². The zero-order valence-corrected chi connectivity index (χ0v) is 18.7. The van der Waals surface area contributed by atoms with E-state index < -0.39 is 18.4 Å². The molecule has 0 saturated carbocycles. The molecule has 3 atom stereocenters. The van der Waals surface area contributed by atoms with Gasteiger partial charge in [0.15, 0.2) is 0 Å². The van der Waals surface area contributed by atoms with Gasteiger partial charge in [-0.3, -0.25) is 4.79 Å². The fourth-order valence-electron chi connectivity index (χ4n) is 4.47. The van der Waals surface area contributed by atoms with E-state index in [9.17, 15) is 19.8 Å². The summed E-state index contributed by atoms with van der Waals surface area (Å²) >= 11 is 0. The predicted molar refractivity (Wildman–Crippen MR) is 117 cm³/mol. The molecule has 2 aliphatic rings. The van der Waals surface area contributed by atoms with Crippen LogP contribution in [0.3, 0.4) is 0 Å². The van der Waals surface area contributed by atoms with E-state index in [0.29, 0.717) is 23.3 Å². The van der Waals surface area contributed by atoms with Crippen molar-refractivity contribution in [3.8, 4) is 0 Å². The van der Waals surface area contributed by atoms with E-state index in [0.717, 1.165) is 31.6 Å². The molecule has 0 saturated heterocycles. The minimum absolute atomic E-state index is 0.132. The molecule has 0 fully saturated rings. The van der Waals surface area contributed by atoms with Crippen molar-refractivity contribution in [3.63, 3.8) is 0 Å². The van der Waals surface area contributed by atoms with Crippen LogP contribution in [0.2, 0.25) is 0 Å². The molecule has 0 aromatic rings. The van der Waals surface area contributed by atoms with Crippen molar-refractivity contribution >= 4 is 12.3 Å². The minimum atomic E-state index is -1.40. The van der Waals surface area contributed by atoms with Gasteiger partial charge in [0.2, 0.25) is 6.29 Å². The van der Waals surface area contributed by atoms with Gasteiger partial charge in [0.1, 0.15) is 6.29 Å². The van der Waals surface area contributed by atoms with Crippen LogP contribution in [0.4, 0.5) is 0 Å². The van der Waals surface area contributed by atoms with E-state index in [4.69, 9.17) is 0 Å². The zero-order valence-electron chi connectivity index (χ0n) is 18.7. The third-order valence-corrected chi connectivity index (χ3v) is 6.44. The summed E-state index contributed by atoms with van der Waals surface area (Å²) in [6.45, 7) is 9.13. The molecule has 0 spiro atoms. The maximum absolute atomic E-state index is 11.4. The molecule has 5 nitrogen and oxygen atoms in total. The highest BCUT2D eigenvalue weighted by atomic mass is 16.6. The monoisotopic (exact) mass is 416 g/mol. The molecule has 3 unspecified atom stereocenters. The summed E-state index contributed by atoms with van der Waals surface area (Å²) < 4.78 is 4.57. The average molecular weight is 417 g/mol. The lowest BCUT2D eigenvalue weighted by Crippen LogP contribution is -2.27. The van der Waals surface area contributed by atoms with Crippen molar-refractivity contribution in [1.29, 1.82) is 0 Å². The lowest BCUT2D eigenvalue weighted by Gasteiger charge is -2.38. The summed E-state index contributed by atoms with van der Waals surface area (Å²) in [7, 11) is 0. The number of hydrogen-bond acceptors (Lipinski definition) is 5. The van der Waals surface area contributed by atoms with E-state index >= 15 is 0 Å². The first-order valence-corrected chi connectivity index (χ1v) is 10.9. The summed E-state index contributed by atoms with van der Waals surface area (Å²) in [6.07, 6.45) is 11.8. The Morgan fingerprint density at radius 2 is 2.07 bits per heavy atom. The van der Waals surface area contributed by atoms with E-state index in [1.54, 1.807) is 6.08 Å². The number of aliphatic hydroxyl groups excluding tert-OH is 2. The second-order valence-electron chi connectivity index (χ2n) is 9.24. The van der Waals surface area contributed by atoms with E-state index in [-0.39, 0.29) is 12.0 Å². The first-order valence-electron chi connectivity index (χ1n) is 10.9. The molecule has 1 heterocycles. The van der Waals surface area contributed by atoms with Gasteiger partial charge in [0.25, 0.3) is 0 Å². The van der Waals surface area contributed by atoms with E-state index in [2.05, 4.69) is 44.6 Å². The predicted octanol–water partition coefficient (Wildman–Crippen LogP) is 4.55. The summed E-state index contributed by atoms with van der Waals surface area (Å²) in [5.74, 6) is -0.0447. The number of carbonyl (C=O) groups excluding carboxylic acids is 2. The van der Waals surface area contributed by atoms with Crippen molar-refractivity contribution in [3.05, 3.63) is 46.6 Å². The number of cyclic esters (lactones) is 1. The van der Waals surface area contributed by atoms with Gasteiger partial charge >= 0.3 is 5.97 Å². The molecule has 1 aliphatic carbocycles. The quantitative estimate of drug-likeness (QED) is 0.236. The average Bonchev–Trinajstić information content (AvgIpc) is 3.01. The Morgan fingerprint density at radius 1 is 1.33 bits per heavy atom. The molecule has 2 N–H and O–H groups in total. The molecule has 0 radical (unpaired) electrons. The molecule has 0 aromatic heterocycles. The fourth-order valence-corrected chi connectivity index (χ4v) is 4.47. The Balaban J connectivity index is 1.82.